The molecule has 9 nitrogen and oxygen atoms in total. The Morgan fingerprint density at radius 3 is 2.38 bits per heavy atom. The normalized spacial score (nSPS) is 10.4. The molecule has 0 fully saturated rings. The standard InChI is InChI=1S/C23H23N5O4/c1-30-21-13-16(14-26-28-23(24)25)7-12-20(21)31-15-22(29)27-17-8-10-19(11-9-17)32-18-5-3-2-4-6-18/h2-14H,15H2,1H3,(H,27,29)(H4,24,25,28)/b26-14+. The van der Waals surface area contributed by atoms with Crippen LogP contribution in [0.25, 0.3) is 0 Å². The van der Waals surface area contributed by atoms with Crippen LogP contribution in [-0.2, 0) is 4.79 Å². The molecule has 0 aliphatic heterocycles. The van der Waals surface area contributed by atoms with E-state index in [4.69, 9.17) is 25.7 Å². The molecule has 0 radical (unpaired) electrons. The topological polar surface area (TPSA) is 134 Å². The van der Waals surface area contributed by atoms with Crippen LogP contribution in [0.1, 0.15) is 5.56 Å². The summed E-state index contributed by atoms with van der Waals surface area (Å²) in [5, 5.41) is 10.0. The van der Waals surface area contributed by atoms with E-state index >= 15 is 0 Å². The van der Waals surface area contributed by atoms with Crippen LogP contribution >= 0.6 is 0 Å². The van der Waals surface area contributed by atoms with E-state index in [9.17, 15) is 4.79 Å². The van der Waals surface area contributed by atoms with Crippen molar-refractivity contribution in [2.75, 3.05) is 19.0 Å². The molecule has 0 atom stereocenters. The second kappa shape index (κ2) is 11.0. The van der Waals surface area contributed by atoms with Crippen LogP contribution in [0.5, 0.6) is 23.0 Å². The van der Waals surface area contributed by atoms with Gasteiger partial charge >= 0.3 is 0 Å². The first kappa shape index (κ1) is 22.2. The molecule has 3 rings (SSSR count). The summed E-state index contributed by atoms with van der Waals surface area (Å²) < 4.78 is 16.6. The van der Waals surface area contributed by atoms with E-state index in [1.54, 1.807) is 42.5 Å². The van der Waals surface area contributed by atoms with Crippen LogP contribution < -0.4 is 31.0 Å². The number of amides is 1. The van der Waals surface area contributed by atoms with E-state index in [2.05, 4.69) is 15.5 Å². The van der Waals surface area contributed by atoms with Gasteiger partial charge in [-0.25, -0.2) is 0 Å². The Kier molecular flexibility index (Phi) is 7.63. The van der Waals surface area contributed by atoms with Crippen molar-refractivity contribution in [2.24, 2.45) is 21.7 Å². The summed E-state index contributed by atoms with van der Waals surface area (Å²) in [7, 11) is 1.50. The Balaban J connectivity index is 1.54. The molecule has 0 spiro atoms. The van der Waals surface area contributed by atoms with Crippen LogP contribution in [0.2, 0.25) is 0 Å². The smallest absolute Gasteiger partial charge is 0.262 e. The third-order valence-corrected chi connectivity index (χ3v) is 4.04. The number of nitrogens with two attached hydrogens (primary N) is 2. The number of rotatable bonds is 9. The maximum absolute atomic E-state index is 12.3. The van der Waals surface area contributed by atoms with Gasteiger partial charge < -0.3 is 31.0 Å². The Hall–Kier alpha value is -4.53. The Morgan fingerprint density at radius 2 is 1.69 bits per heavy atom. The minimum Gasteiger partial charge on any atom is -0.493 e. The lowest BCUT2D eigenvalue weighted by Crippen LogP contribution is -2.21. The lowest BCUT2D eigenvalue weighted by atomic mass is 10.2. The lowest BCUT2D eigenvalue weighted by molar-refractivity contribution is -0.118. The van der Waals surface area contributed by atoms with Crippen molar-refractivity contribution in [3.8, 4) is 23.0 Å². The second-order valence-corrected chi connectivity index (χ2v) is 6.46. The van der Waals surface area contributed by atoms with Gasteiger partial charge in [0.15, 0.2) is 18.1 Å². The predicted molar refractivity (Wildman–Crippen MR) is 123 cm³/mol. The van der Waals surface area contributed by atoms with Gasteiger partial charge in [-0.15, -0.1) is 5.10 Å². The average molecular weight is 433 g/mol. The molecule has 1 amide bonds. The Labute approximate surface area is 185 Å². The maximum atomic E-state index is 12.3. The van der Waals surface area contributed by atoms with Crippen molar-refractivity contribution in [3.05, 3.63) is 78.4 Å². The zero-order valence-corrected chi connectivity index (χ0v) is 17.4. The molecule has 5 N–H and O–H groups in total. The highest BCUT2D eigenvalue weighted by Crippen LogP contribution is 2.28. The number of ether oxygens (including phenoxy) is 3. The number of nitrogens with zero attached hydrogens (tertiary/aromatic N) is 2. The SMILES string of the molecule is COc1cc(/C=N/N=C(N)N)ccc1OCC(=O)Nc1ccc(Oc2ccccc2)cc1. The molecule has 0 heterocycles. The monoisotopic (exact) mass is 433 g/mol. The molecule has 0 aromatic heterocycles. The number of carbonyl (C=O) groups excluding carboxylic acids is 1. The first-order valence-electron chi connectivity index (χ1n) is 9.59. The van der Waals surface area contributed by atoms with Crippen molar-refractivity contribution in [3.63, 3.8) is 0 Å². The first-order chi connectivity index (χ1) is 15.5. The number of hydrogen-bond acceptors (Lipinski definition) is 6. The van der Waals surface area contributed by atoms with Crippen molar-refractivity contribution < 1.29 is 19.0 Å². The minimum absolute atomic E-state index is 0.141. The fourth-order valence-electron chi connectivity index (χ4n) is 2.62. The summed E-state index contributed by atoms with van der Waals surface area (Å²) in [6, 6.07) is 21.6. The number of guanidine groups is 1. The van der Waals surface area contributed by atoms with Crippen molar-refractivity contribution in [1.82, 2.24) is 0 Å². The van der Waals surface area contributed by atoms with Crippen molar-refractivity contribution in [2.45, 2.75) is 0 Å². The molecule has 9 heteroatoms. The summed E-state index contributed by atoms with van der Waals surface area (Å²) in [6.07, 6.45) is 1.46. The molecule has 0 bridgehead atoms. The van der Waals surface area contributed by atoms with Crippen LogP contribution in [0.3, 0.4) is 0 Å². The first-order valence-corrected chi connectivity index (χ1v) is 9.59. The number of anilines is 1. The molecular formula is C23H23N5O4. The highest BCUT2D eigenvalue weighted by molar-refractivity contribution is 5.92. The van der Waals surface area contributed by atoms with E-state index in [1.807, 2.05) is 30.3 Å². The lowest BCUT2D eigenvalue weighted by Gasteiger charge is -2.12. The fourth-order valence-corrected chi connectivity index (χ4v) is 2.62. The molecule has 3 aromatic rings. The molecule has 3 aromatic carbocycles. The number of para-hydroxylation sites is 1. The summed E-state index contributed by atoms with van der Waals surface area (Å²) in [6.45, 7) is -0.194. The van der Waals surface area contributed by atoms with Crippen LogP contribution in [0.4, 0.5) is 5.69 Å². The number of benzene rings is 3. The second-order valence-electron chi connectivity index (χ2n) is 6.46. The molecule has 0 aliphatic rings. The zero-order chi connectivity index (χ0) is 22.8. The molecule has 0 saturated heterocycles. The van der Waals surface area contributed by atoms with E-state index in [1.165, 1.54) is 13.3 Å². The number of nitrogens with one attached hydrogen (secondary N) is 1. The van der Waals surface area contributed by atoms with Gasteiger partial charge in [0.25, 0.3) is 5.91 Å². The van der Waals surface area contributed by atoms with Gasteiger partial charge in [0.05, 0.1) is 13.3 Å². The predicted octanol–water partition coefficient (Wildman–Crippen LogP) is 3.11. The highest BCUT2D eigenvalue weighted by Gasteiger charge is 2.09. The Morgan fingerprint density at radius 1 is 0.969 bits per heavy atom. The summed E-state index contributed by atoms with van der Waals surface area (Å²) >= 11 is 0. The Bertz CT molecular complexity index is 1100. The molecule has 0 unspecified atom stereocenters. The largest absolute Gasteiger partial charge is 0.493 e. The minimum atomic E-state index is -0.317. The quantitative estimate of drug-likeness (QED) is 0.270. The van der Waals surface area contributed by atoms with Crippen LogP contribution in [-0.4, -0.2) is 31.8 Å². The van der Waals surface area contributed by atoms with Gasteiger partial charge in [-0.2, -0.15) is 5.10 Å². The highest BCUT2D eigenvalue weighted by atomic mass is 16.5. The molecule has 0 saturated carbocycles. The number of methoxy groups -OCH3 is 1. The van der Waals surface area contributed by atoms with E-state index in [0.29, 0.717) is 28.5 Å². The number of carbonyl (C=O) groups is 1. The van der Waals surface area contributed by atoms with Crippen molar-refractivity contribution in [1.29, 1.82) is 0 Å². The van der Waals surface area contributed by atoms with Gasteiger partial charge in [-0.05, 0) is 60.2 Å². The summed E-state index contributed by atoms with van der Waals surface area (Å²) in [4.78, 5) is 12.3. The van der Waals surface area contributed by atoms with Gasteiger partial charge in [0.2, 0.25) is 5.96 Å². The van der Waals surface area contributed by atoms with Crippen LogP contribution in [0, 0.1) is 0 Å². The van der Waals surface area contributed by atoms with Gasteiger partial charge in [0.1, 0.15) is 11.5 Å². The van der Waals surface area contributed by atoms with Gasteiger partial charge in [0, 0.05) is 5.69 Å². The van der Waals surface area contributed by atoms with Gasteiger partial charge in [-0.3, -0.25) is 4.79 Å². The van der Waals surface area contributed by atoms with Gasteiger partial charge in [-0.1, -0.05) is 18.2 Å². The average Bonchev–Trinajstić information content (AvgIpc) is 2.80. The van der Waals surface area contributed by atoms with E-state index in [0.717, 1.165) is 5.75 Å². The van der Waals surface area contributed by atoms with Crippen LogP contribution in [0.15, 0.2) is 83.0 Å². The summed E-state index contributed by atoms with van der Waals surface area (Å²) in [5.74, 6) is 1.79. The van der Waals surface area contributed by atoms with E-state index in [-0.39, 0.29) is 18.5 Å². The van der Waals surface area contributed by atoms with E-state index < -0.39 is 0 Å². The molecule has 32 heavy (non-hydrogen) atoms. The molecule has 0 aliphatic carbocycles. The number of hydrogen-bond donors (Lipinski definition) is 3. The molecular weight excluding hydrogens is 410 g/mol. The maximum Gasteiger partial charge on any atom is 0.262 e. The third-order valence-electron chi connectivity index (χ3n) is 4.04. The zero-order valence-electron chi connectivity index (χ0n) is 17.4. The van der Waals surface area contributed by atoms with Crippen molar-refractivity contribution >= 4 is 23.8 Å². The molecule has 164 valence electrons. The summed E-state index contributed by atoms with van der Waals surface area (Å²) in [5.41, 5.74) is 11.8. The third kappa shape index (κ3) is 6.77. The fraction of sp³-hybridized carbons (Fsp3) is 0.0870.